The molecule has 1 unspecified atom stereocenters. The largest absolute Gasteiger partial charge is 0.496 e. The average Bonchev–Trinajstić information content (AvgIpc) is 3.37. The van der Waals surface area contributed by atoms with Crippen molar-refractivity contribution in [3.8, 4) is 5.75 Å². The molecule has 1 atom stereocenters. The topological polar surface area (TPSA) is 74.2 Å². The molecule has 4 rings (SSSR count). The zero-order chi connectivity index (χ0) is 23.2. The maximum Gasteiger partial charge on any atom is 0.267 e. The average molecular weight is 453 g/mol. The molecule has 1 fully saturated rings. The Bertz CT molecular complexity index is 1020. The van der Waals surface area contributed by atoms with Crippen LogP contribution in [0.4, 0.5) is 4.39 Å². The van der Waals surface area contributed by atoms with Gasteiger partial charge in [0.1, 0.15) is 17.3 Å². The van der Waals surface area contributed by atoms with E-state index in [2.05, 4.69) is 15.3 Å². The lowest BCUT2D eigenvalue weighted by Crippen LogP contribution is -2.42. The normalized spacial score (nSPS) is 17.6. The van der Waals surface area contributed by atoms with E-state index in [-0.39, 0.29) is 36.6 Å². The van der Waals surface area contributed by atoms with Gasteiger partial charge in [0.05, 0.1) is 19.7 Å². The van der Waals surface area contributed by atoms with Gasteiger partial charge in [-0.1, -0.05) is 30.3 Å². The molecule has 0 radical (unpaired) electrons. The van der Waals surface area contributed by atoms with Gasteiger partial charge in [-0.05, 0) is 49.7 Å². The first-order valence-corrected chi connectivity index (χ1v) is 11.3. The second-order valence-electron chi connectivity index (χ2n) is 8.34. The molecule has 2 amide bonds. The number of nitrogens with zero attached hydrogens (tertiary/aromatic N) is 3. The van der Waals surface area contributed by atoms with E-state index in [0.29, 0.717) is 18.7 Å². The molecular weight excluding hydrogens is 423 g/mol. The number of methoxy groups -OCH3 is 1. The van der Waals surface area contributed by atoms with Crippen LogP contribution in [0.2, 0.25) is 0 Å². The van der Waals surface area contributed by atoms with Crippen molar-refractivity contribution >= 4 is 17.5 Å². The number of ether oxygens (including phenoxy) is 1. The molecule has 0 aromatic heterocycles. The second-order valence-corrected chi connectivity index (χ2v) is 8.34. The predicted octanol–water partition coefficient (Wildman–Crippen LogP) is 3.27. The highest BCUT2D eigenvalue weighted by molar-refractivity contribution is 6.39. The van der Waals surface area contributed by atoms with Crippen LogP contribution in [0, 0.1) is 5.82 Å². The van der Waals surface area contributed by atoms with Crippen LogP contribution in [-0.4, -0.2) is 54.2 Å². The van der Waals surface area contributed by atoms with Gasteiger partial charge in [0, 0.05) is 24.9 Å². The van der Waals surface area contributed by atoms with Crippen LogP contribution in [0.1, 0.15) is 42.9 Å². The molecule has 7 nitrogen and oxygen atoms in total. The Labute approximate surface area is 193 Å². The number of halogens is 1. The van der Waals surface area contributed by atoms with Gasteiger partial charge in [0.15, 0.2) is 0 Å². The summed E-state index contributed by atoms with van der Waals surface area (Å²) >= 11 is 0. The van der Waals surface area contributed by atoms with Gasteiger partial charge in [-0.15, -0.1) is 0 Å². The number of hydrogen-bond acceptors (Lipinski definition) is 5. The molecule has 0 bridgehead atoms. The van der Waals surface area contributed by atoms with Crippen molar-refractivity contribution in [2.24, 2.45) is 5.10 Å². The monoisotopic (exact) mass is 452 g/mol. The van der Waals surface area contributed by atoms with Gasteiger partial charge in [0.25, 0.3) is 5.91 Å². The van der Waals surface area contributed by atoms with Crippen LogP contribution < -0.4 is 10.1 Å². The van der Waals surface area contributed by atoms with Crippen molar-refractivity contribution in [3.05, 3.63) is 65.5 Å². The standard InChI is InChI=1S/C25H29FN4O3/c1-33-23-7-3-2-6-20(23)22(29-14-4-5-15-29)16-27-25(32)21-12-13-24(31)30(28-21)17-18-8-10-19(26)11-9-18/h2-3,6-11,22H,4-5,12-17H2,1H3,(H,27,32). The van der Waals surface area contributed by atoms with E-state index in [1.165, 1.54) is 17.1 Å². The lowest BCUT2D eigenvalue weighted by atomic mass is 10.0. The smallest absolute Gasteiger partial charge is 0.267 e. The molecule has 0 spiro atoms. The van der Waals surface area contributed by atoms with Crippen LogP contribution in [-0.2, 0) is 16.1 Å². The van der Waals surface area contributed by atoms with Crippen LogP contribution in [0.3, 0.4) is 0 Å². The third-order valence-corrected chi connectivity index (χ3v) is 6.15. The number of carbonyl (C=O) groups is 2. The van der Waals surface area contributed by atoms with Gasteiger partial charge in [0.2, 0.25) is 5.91 Å². The first-order valence-electron chi connectivity index (χ1n) is 11.3. The molecule has 2 aromatic rings. The predicted molar refractivity (Wildman–Crippen MR) is 123 cm³/mol. The SMILES string of the molecule is COc1ccccc1C(CNC(=O)C1=NN(Cc2ccc(F)cc2)C(=O)CC1)N1CCCC1. The van der Waals surface area contributed by atoms with E-state index in [9.17, 15) is 14.0 Å². The molecule has 8 heteroatoms. The number of para-hydroxylation sites is 1. The third-order valence-electron chi connectivity index (χ3n) is 6.15. The summed E-state index contributed by atoms with van der Waals surface area (Å²) in [6.45, 7) is 2.57. The summed E-state index contributed by atoms with van der Waals surface area (Å²) in [5.41, 5.74) is 2.12. The third kappa shape index (κ3) is 5.57. The van der Waals surface area contributed by atoms with Gasteiger partial charge in [-0.2, -0.15) is 5.10 Å². The molecule has 174 valence electrons. The summed E-state index contributed by atoms with van der Waals surface area (Å²) in [5, 5.41) is 8.65. The number of carbonyl (C=O) groups excluding carboxylic acids is 2. The summed E-state index contributed by atoms with van der Waals surface area (Å²) < 4.78 is 18.7. The Morgan fingerprint density at radius 3 is 2.58 bits per heavy atom. The molecule has 33 heavy (non-hydrogen) atoms. The van der Waals surface area contributed by atoms with Crippen molar-refractivity contribution in [2.75, 3.05) is 26.7 Å². The molecule has 1 saturated heterocycles. The summed E-state index contributed by atoms with van der Waals surface area (Å²) in [6.07, 6.45) is 2.78. The van der Waals surface area contributed by atoms with Gasteiger partial charge in [-0.25, -0.2) is 9.40 Å². The van der Waals surface area contributed by atoms with E-state index in [4.69, 9.17) is 4.74 Å². The molecule has 2 aromatic carbocycles. The van der Waals surface area contributed by atoms with Gasteiger partial charge < -0.3 is 10.1 Å². The van der Waals surface area contributed by atoms with Crippen LogP contribution in [0.5, 0.6) is 5.75 Å². The Morgan fingerprint density at radius 1 is 1.12 bits per heavy atom. The van der Waals surface area contributed by atoms with Crippen LogP contribution >= 0.6 is 0 Å². The van der Waals surface area contributed by atoms with E-state index in [0.717, 1.165) is 42.8 Å². The maximum absolute atomic E-state index is 13.2. The van der Waals surface area contributed by atoms with Crippen molar-refractivity contribution in [1.82, 2.24) is 15.2 Å². The number of amides is 2. The molecule has 2 aliphatic heterocycles. The summed E-state index contributed by atoms with van der Waals surface area (Å²) in [4.78, 5) is 27.7. The highest BCUT2D eigenvalue weighted by Crippen LogP contribution is 2.31. The lowest BCUT2D eigenvalue weighted by Gasteiger charge is -2.29. The highest BCUT2D eigenvalue weighted by Gasteiger charge is 2.28. The van der Waals surface area contributed by atoms with Crippen LogP contribution in [0.15, 0.2) is 53.6 Å². The minimum atomic E-state index is -0.338. The van der Waals surface area contributed by atoms with E-state index in [1.807, 2.05) is 24.3 Å². The maximum atomic E-state index is 13.2. The first kappa shape index (κ1) is 22.9. The van der Waals surface area contributed by atoms with Crippen molar-refractivity contribution in [3.63, 3.8) is 0 Å². The minimum absolute atomic E-state index is 0.00580. The molecule has 0 saturated carbocycles. The fraction of sp³-hybridized carbons (Fsp3) is 0.400. The van der Waals surface area contributed by atoms with E-state index >= 15 is 0 Å². The highest BCUT2D eigenvalue weighted by atomic mass is 19.1. The Kier molecular flexibility index (Phi) is 7.34. The molecular formula is C25H29FN4O3. The van der Waals surface area contributed by atoms with Crippen molar-refractivity contribution in [1.29, 1.82) is 0 Å². The first-order chi connectivity index (χ1) is 16.0. The molecule has 2 aliphatic rings. The van der Waals surface area contributed by atoms with Gasteiger partial charge >= 0.3 is 0 Å². The molecule has 0 aliphatic carbocycles. The van der Waals surface area contributed by atoms with E-state index < -0.39 is 0 Å². The van der Waals surface area contributed by atoms with Crippen molar-refractivity contribution < 1.29 is 18.7 Å². The fourth-order valence-electron chi connectivity index (χ4n) is 4.37. The Balaban J connectivity index is 1.46. The zero-order valence-corrected chi connectivity index (χ0v) is 18.8. The quantitative estimate of drug-likeness (QED) is 0.667. The number of benzene rings is 2. The number of likely N-dealkylation sites (tertiary alicyclic amines) is 1. The number of rotatable bonds is 8. The van der Waals surface area contributed by atoms with Crippen molar-refractivity contribution in [2.45, 2.75) is 38.3 Å². The summed E-state index contributed by atoms with van der Waals surface area (Å²) in [7, 11) is 1.65. The summed E-state index contributed by atoms with van der Waals surface area (Å²) in [5.74, 6) is 0.0372. The number of nitrogens with one attached hydrogen (secondary N) is 1. The fourth-order valence-corrected chi connectivity index (χ4v) is 4.37. The molecule has 1 N–H and O–H groups in total. The van der Waals surface area contributed by atoms with Crippen LogP contribution in [0.25, 0.3) is 0 Å². The second kappa shape index (κ2) is 10.6. The lowest BCUT2D eigenvalue weighted by molar-refractivity contribution is -0.132. The van der Waals surface area contributed by atoms with Gasteiger partial charge in [-0.3, -0.25) is 14.5 Å². The zero-order valence-electron chi connectivity index (χ0n) is 18.8. The van der Waals surface area contributed by atoms with E-state index in [1.54, 1.807) is 19.2 Å². The Hall–Kier alpha value is -3.26. The molecule has 2 heterocycles. The number of hydrazone groups is 1. The Morgan fingerprint density at radius 2 is 1.85 bits per heavy atom. The number of hydrogen-bond donors (Lipinski definition) is 1. The minimum Gasteiger partial charge on any atom is -0.496 e. The summed E-state index contributed by atoms with van der Waals surface area (Å²) in [6, 6.07) is 13.8.